The molecule has 0 heterocycles. The fourth-order valence-corrected chi connectivity index (χ4v) is 1.09. The van der Waals surface area contributed by atoms with Gasteiger partial charge in [0.1, 0.15) is 6.29 Å². The third-order valence-corrected chi connectivity index (χ3v) is 1.82. The summed E-state index contributed by atoms with van der Waals surface area (Å²) < 4.78 is 0. The Hall–Kier alpha value is -0.590. The van der Waals surface area contributed by atoms with Gasteiger partial charge in [-0.15, -0.1) is 0 Å². The van der Waals surface area contributed by atoms with Crippen molar-refractivity contribution in [2.24, 2.45) is 11.8 Å². The molecule has 0 spiro atoms. The van der Waals surface area contributed by atoms with Crippen LogP contribution in [-0.2, 0) is 4.79 Å². The highest BCUT2D eigenvalue weighted by Gasteiger charge is 2.10. The molecule has 2 atom stereocenters. The first kappa shape index (κ1) is 6.53. The molecule has 0 aromatic carbocycles. The lowest BCUT2D eigenvalue weighted by Gasteiger charge is -2.14. The van der Waals surface area contributed by atoms with Crippen LogP contribution in [0.3, 0.4) is 0 Å². The molecule has 0 saturated heterocycles. The SMILES string of the molecule is C[C@@H]1C=CC(C=O)CC1. The highest BCUT2D eigenvalue weighted by Crippen LogP contribution is 2.19. The lowest BCUT2D eigenvalue weighted by molar-refractivity contribution is -0.110. The van der Waals surface area contributed by atoms with Crippen molar-refractivity contribution in [3.8, 4) is 0 Å². The predicted octanol–water partition coefficient (Wildman–Crippen LogP) is 1.79. The molecule has 0 aliphatic heterocycles. The molecule has 9 heavy (non-hydrogen) atoms. The minimum Gasteiger partial charge on any atom is -0.303 e. The zero-order valence-electron chi connectivity index (χ0n) is 5.71. The monoisotopic (exact) mass is 124 g/mol. The van der Waals surface area contributed by atoms with Crippen LogP contribution in [-0.4, -0.2) is 6.29 Å². The van der Waals surface area contributed by atoms with E-state index in [2.05, 4.69) is 13.0 Å². The first-order chi connectivity index (χ1) is 4.33. The minimum absolute atomic E-state index is 0.209. The van der Waals surface area contributed by atoms with Crippen LogP contribution in [0.2, 0.25) is 0 Å². The summed E-state index contributed by atoms with van der Waals surface area (Å²) in [4.78, 5) is 10.2. The van der Waals surface area contributed by atoms with Crippen molar-refractivity contribution in [3.63, 3.8) is 0 Å². The molecule has 1 aliphatic rings. The van der Waals surface area contributed by atoms with Crippen LogP contribution in [0.15, 0.2) is 12.2 Å². The van der Waals surface area contributed by atoms with Crippen LogP contribution in [0, 0.1) is 11.8 Å². The molecule has 0 saturated carbocycles. The van der Waals surface area contributed by atoms with Crippen molar-refractivity contribution in [2.75, 3.05) is 0 Å². The van der Waals surface area contributed by atoms with E-state index >= 15 is 0 Å². The van der Waals surface area contributed by atoms with E-state index in [0.29, 0.717) is 5.92 Å². The van der Waals surface area contributed by atoms with Crippen molar-refractivity contribution in [3.05, 3.63) is 12.2 Å². The third-order valence-electron chi connectivity index (χ3n) is 1.82. The summed E-state index contributed by atoms with van der Waals surface area (Å²) in [5.41, 5.74) is 0. The van der Waals surface area contributed by atoms with Gasteiger partial charge in [-0.05, 0) is 18.8 Å². The molecule has 1 heteroatoms. The number of rotatable bonds is 1. The first-order valence-electron chi connectivity index (χ1n) is 3.46. The Labute approximate surface area is 55.8 Å². The van der Waals surface area contributed by atoms with E-state index in [1.165, 1.54) is 6.42 Å². The molecule has 0 aromatic heterocycles. The summed E-state index contributed by atoms with van der Waals surface area (Å²) >= 11 is 0. The normalized spacial score (nSPS) is 34.3. The Kier molecular flexibility index (Phi) is 2.04. The van der Waals surface area contributed by atoms with E-state index in [9.17, 15) is 4.79 Å². The molecule has 1 nitrogen and oxygen atoms in total. The Morgan fingerprint density at radius 1 is 1.44 bits per heavy atom. The maximum Gasteiger partial charge on any atom is 0.126 e. The van der Waals surface area contributed by atoms with Crippen molar-refractivity contribution >= 4 is 6.29 Å². The first-order valence-corrected chi connectivity index (χ1v) is 3.46. The van der Waals surface area contributed by atoms with E-state index in [-0.39, 0.29) is 5.92 Å². The maximum absolute atomic E-state index is 10.2. The molecule has 0 amide bonds. The van der Waals surface area contributed by atoms with E-state index in [1.807, 2.05) is 6.08 Å². The molecule has 1 unspecified atom stereocenters. The van der Waals surface area contributed by atoms with Gasteiger partial charge in [-0.25, -0.2) is 0 Å². The van der Waals surface area contributed by atoms with Crippen LogP contribution in [0.5, 0.6) is 0 Å². The molecule has 0 N–H and O–H groups in total. The fourth-order valence-electron chi connectivity index (χ4n) is 1.09. The van der Waals surface area contributed by atoms with Crippen LogP contribution < -0.4 is 0 Å². The molecular formula is C8H12O. The average Bonchev–Trinajstić information content (AvgIpc) is 1.90. The van der Waals surface area contributed by atoms with Gasteiger partial charge >= 0.3 is 0 Å². The van der Waals surface area contributed by atoms with Gasteiger partial charge in [0.2, 0.25) is 0 Å². The van der Waals surface area contributed by atoms with Crippen LogP contribution in [0.25, 0.3) is 0 Å². The van der Waals surface area contributed by atoms with Crippen LogP contribution in [0.1, 0.15) is 19.8 Å². The Morgan fingerprint density at radius 2 is 2.22 bits per heavy atom. The van der Waals surface area contributed by atoms with E-state index in [4.69, 9.17) is 0 Å². The second kappa shape index (κ2) is 2.81. The molecule has 50 valence electrons. The smallest absolute Gasteiger partial charge is 0.126 e. The predicted molar refractivity (Wildman–Crippen MR) is 37.1 cm³/mol. The highest BCUT2D eigenvalue weighted by molar-refractivity contribution is 5.56. The van der Waals surface area contributed by atoms with Crippen molar-refractivity contribution in [1.29, 1.82) is 0 Å². The van der Waals surface area contributed by atoms with Crippen LogP contribution >= 0.6 is 0 Å². The number of hydrogen-bond donors (Lipinski definition) is 0. The highest BCUT2D eigenvalue weighted by atomic mass is 16.1. The molecule has 0 bridgehead atoms. The molecular weight excluding hydrogens is 112 g/mol. The largest absolute Gasteiger partial charge is 0.303 e. The standard InChI is InChI=1S/C8H12O/c1-7-2-4-8(6-9)5-3-7/h2,4,6-8H,3,5H2,1H3/t7-,8?/m1/s1. The van der Waals surface area contributed by atoms with Gasteiger partial charge in [-0.1, -0.05) is 19.1 Å². The second-order valence-electron chi connectivity index (χ2n) is 2.74. The van der Waals surface area contributed by atoms with Crippen LogP contribution in [0.4, 0.5) is 0 Å². The average molecular weight is 124 g/mol. The molecule has 0 aromatic rings. The van der Waals surface area contributed by atoms with Crippen molar-refractivity contribution in [1.82, 2.24) is 0 Å². The summed E-state index contributed by atoms with van der Waals surface area (Å²) in [6, 6.07) is 0. The molecule has 0 radical (unpaired) electrons. The van der Waals surface area contributed by atoms with Gasteiger partial charge in [0, 0.05) is 5.92 Å². The lowest BCUT2D eigenvalue weighted by Crippen LogP contribution is -2.06. The number of carbonyl (C=O) groups excluding carboxylic acids is 1. The van der Waals surface area contributed by atoms with Crippen molar-refractivity contribution < 1.29 is 4.79 Å². The van der Waals surface area contributed by atoms with E-state index in [1.54, 1.807) is 0 Å². The lowest BCUT2D eigenvalue weighted by atomic mass is 9.91. The van der Waals surface area contributed by atoms with Gasteiger partial charge in [0.15, 0.2) is 0 Å². The molecule has 0 fully saturated rings. The third kappa shape index (κ3) is 1.67. The Morgan fingerprint density at radius 3 is 2.67 bits per heavy atom. The molecule has 1 aliphatic carbocycles. The summed E-state index contributed by atoms with van der Waals surface area (Å²) in [5.74, 6) is 0.891. The Bertz CT molecular complexity index is 127. The zero-order valence-corrected chi connectivity index (χ0v) is 5.71. The van der Waals surface area contributed by atoms with Gasteiger partial charge in [-0.3, -0.25) is 0 Å². The summed E-state index contributed by atoms with van der Waals surface area (Å²) in [6.07, 6.45) is 7.38. The summed E-state index contributed by atoms with van der Waals surface area (Å²) in [6.45, 7) is 2.18. The summed E-state index contributed by atoms with van der Waals surface area (Å²) in [7, 11) is 0. The zero-order chi connectivity index (χ0) is 6.69. The fraction of sp³-hybridized carbons (Fsp3) is 0.625. The second-order valence-corrected chi connectivity index (χ2v) is 2.74. The summed E-state index contributed by atoms with van der Waals surface area (Å²) in [5, 5.41) is 0. The quantitative estimate of drug-likeness (QED) is 0.384. The van der Waals surface area contributed by atoms with E-state index < -0.39 is 0 Å². The topological polar surface area (TPSA) is 17.1 Å². The number of allylic oxidation sites excluding steroid dienone is 2. The van der Waals surface area contributed by atoms with Gasteiger partial charge in [-0.2, -0.15) is 0 Å². The number of hydrogen-bond acceptors (Lipinski definition) is 1. The molecule has 1 rings (SSSR count). The van der Waals surface area contributed by atoms with Crippen molar-refractivity contribution in [2.45, 2.75) is 19.8 Å². The van der Waals surface area contributed by atoms with E-state index in [0.717, 1.165) is 12.7 Å². The van der Waals surface area contributed by atoms with Gasteiger partial charge in [0.25, 0.3) is 0 Å². The van der Waals surface area contributed by atoms with Gasteiger partial charge in [0.05, 0.1) is 0 Å². The number of carbonyl (C=O) groups is 1. The number of aldehydes is 1. The van der Waals surface area contributed by atoms with Gasteiger partial charge < -0.3 is 4.79 Å². The maximum atomic E-state index is 10.2. The Balaban J connectivity index is 2.47. The minimum atomic E-state index is 0.209.